The molecule has 3 amide bonds. The van der Waals surface area contributed by atoms with Crippen molar-refractivity contribution in [1.82, 2.24) is 15.1 Å². The van der Waals surface area contributed by atoms with Crippen LogP contribution in [0.15, 0.2) is 24.3 Å². The minimum Gasteiger partial charge on any atom is -0.352 e. The van der Waals surface area contributed by atoms with Crippen molar-refractivity contribution in [3.8, 4) is 0 Å². The van der Waals surface area contributed by atoms with Crippen LogP contribution in [0.1, 0.15) is 57.1 Å². The second-order valence-corrected chi connectivity index (χ2v) is 8.08. The molecule has 2 atom stereocenters. The van der Waals surface area contributed by atoms with Crippen molar-refractivity contribution in [1.29, 1.82) is 0 Å². The zero-order valence-corrected chi connectivity index (χ0v) is 17.7. The predicted molar refractivity (Wildman–Crippen MR) is 112 cm³/mol. The van der Waals surface area contributed by atoms with Gasteiger partial charge in [0.1, 0.15) is 0 Å². The van der Waals surface area contributed by atoms with Crippen LogP contribution in [0.3, 0.4) is 0 Å². The van der Waals surface area contributed by atoms with Gasteiger partial charge in [0.15, 0.2) is 0 Å². The largest absolute Gasteiger partial charge is 0.352 e. The topological polar surface area (TPSA) is 69.7 Å². The van der Waals surface area contributed by atoms with Crippen molar-refractivity contribution in [3.63, 3.8) is 0 Å². The number of amides is 3. The fourth-order valence-electron chi connectivity index (χ4n) is 4.52. The van der Waals surface area contributed by atoms with Gasteiger partial charge in [0, 0.05) is 26.1 Å². The van der Waals surface area contributed by atoms with E-state index in [-0.39, 0.29) is 42.5 Å². The molecular weight excluding hydrogens is 366 g/mol. The first-order chi connectivity index (χ1) is 14.0. The highest BCUT2D eigenvalue weighted by Crippen LogP contribution is 2.37. The van der Waals surface area contributed by atoms with Crippen LogP contribution < -0.4 is 5.32 Å². The van der Waals surface area contributed by atoms with E-state index in [1.165, 1.54) is 10.5 Å². The second-order valence-electron chi connectivity index (χ2n) is 8.08. The Kier molecular flexibility index (Phi) is 7.42. The van der Waals surface area contributed by atoms with Crippen LogP contribution in [-0.2, 0) is 27.5 Å². The summed E-state index contributed by atoms with van der Waals surface area (Å²) in [6.07, 6.45) is 3.81. The lowest BCUT2D eigenvalue weighted by Gasteiger charge is -2.20. The van der Waals surface area contributed by atoms with Crippen LogP contribution in [0.4, 0.5) is 0 Å². The molecule has 0 aromatic heterocycles. The van der Waals surface area contributed by atoms with Crippen LogP contribution in [0, 0.1) is 11.8 Å². The zero-order chi connectivity index (χ0) is 20.8. The predicted octanol–water partition coefficient (Wildman–Crippen LogP) is 2.71. The summed E-state index contributed by atoms with van der Waals surface area (Å²) >= 11 is 0. The summed E-state index contributed by atoms with van der Waals surface area (Å²) in [5.74, 6) is -0.565. The molecule has 2 fully saturated rings. The second kappa shape index (κ2) is 10.0. The molecule has 158 valence electrons. The number of rotatable bonds is 9. The Morgan fingerprint density at radius 2 is 1.62 bits per heavy atom. The monoisotopic (exact) mass is 399 g/mol. The minimum absolute atomic E-state index is 0.0722. The van der Waals surface area contributed by atoms with Crippen LogP contribution in [-0.4, -0.2) is 47.2 Å². The molecule has 1 aliphatic carbocycles. The standard InChI is InChI=1S/C23H33N3O3/c1-3-25(4-2)16-18-10-6-5-9-17(18)15-24-21(27)13-14-26-22(28)19-11-7-8-12-20(19)23(26)29/h5-6,9-10,19-20H,3-4,7-8,11-16H2,1-2H3,(H,24,27). The number of hydrogen-bond acceptors (Lipinski definition) is 4. The third-order valence-electron chi connectivity index (χ3n) is 6.38. The number of fused-ring (bicyclic) bond motifs is 1. The minimum atomic E-state index is -0.147. The van der Waals surface area contributed by atoms with E-state index in [1.54, 1.807) is 0 Å². The number of nitrogens with zero attached hydrogens (tertiary/aromatic N) is 2. The number of carbonyl (C=O) groups is 3. The summed E-state index contributed by atoms with van der Waals surface area (Å²) < 4.78 is 0. The Balaban J connectivity index is 1.51. The highest BCUT2D eigenvalue weighted by molar-refractivity contribution is 6.05. The Bertz CT molecular complexity index is 721. The van der Waals surface area contributed by atoms with Crippen LogP contribution >= 0.6 is 0 Å². The Morgan fingerprint density at radius 3 is 2.21 bits per heavy atom. The Hall–Kier alpha value is -2.21. The average Bonchev–Trinajstić information content (AvgIpc) is 2.99. The Labute approximate surface area is 173 Å². The lowest BCUT2D eigenvalue weighted by atomic mass is 9.81. The molecule has 2 aliphatic rings. The molecule has 1 aliphatic heterocycles. The Morgan fingerprint density at radius 1 is 1.03 bits per heavy atom. The first-order valence-electron chi connectivity index (χ1n) is 11.0. The SMILES string of the molecule is CCN(CC)Cc1ccccc1CNC(=O)CCN1C(=O)C2CCCCC2C1=O. The summed E-state index contributed by atoms with van der Waals surface area (Å²) in [6.45, 7) is 7.77. The molecule has 1 N–H and O–H groups in total. The fraction of sp³-hybridized carbons (Fsp3) is 0.609. The van der Waals surface area contributed by atoms with Crippen molar-refractivity contribution in [2.45, 2.75) is 59.0 Å². The van der Waals surface area contributed by atoms with Crippen molar-refractivity contribution < 1.29 is 14.4 Å². The van der Waals surface area contributed by atoms with E-state index in [1.807, 2.05) is 18.2 Å². The van der Waals surface area contributed by atoms with E-state index in [0.717, 1.165) is 50.9 Å². The average molecular weight is 400 g/mol. The maximum absolute atomic E-state index is 12.5. The van der Waals surface area contributed by atoms with Crippen molar-refractivity contribution in [2.75, 3.05) is 19.6 Å². The molecule has 0 spiro atoms. The normalized spacial score (nSPS) is 21.6. The summed E-state index contributed by atoms with van der Waals surface area (Å²) in [4.78, 5) is 41.1. The molecule has 6 heteroatoms. The van der Waals surface area contributed by atoms with E-state index < -0.39 is 0 Å². The number of likely N-dealkylation sites (tertiary alicyclic amines) is 1. The molecule has 29 heavy (non-hydrogen) atoms. The quantitative estimate of drug-likeness (QED) is 0.648. The molecule has 1 aromatic carbocycles. The van der Waals surface area contributed by atoms with Crippen molar-refractivity contribution in [2.24, 2.45) is 11.8 Å². The first-order valence-corrected chi connectivity index (χ1v) is 11.0. The highest BCUT2D eigenvalue weighted by atomic mass is 16.2. The molecular formula is C23H33N3O3. The van der Waals surface area contributed by atoms with Crippen molar-refractivity contribution >= 4 is 17.7 Å². The number of hydrogen-bond donors (Lipinski definition) is 1. The maximum atomic E-state index is 12.5. The van der Waals surface area contributed by atoms with E-state index >= 15 is 0 Å². The highest BCUT2D eigenvalue weighted by Gasteiger charge is 2.47. The molecule has 0 radical (unpaired) electrons. The summed E-state index contributed by atoms with van der Waals surface area (Å²) in [5, 5.41) is 2.96. The fourth-order valence-corrected chi connectivity index (χ4v) is 4.52. The number of carbonyl (C=O) groups excluding carboxylic acids is 3. The number of benzene rings is 1. The summed E-state index contributed by atoms with van der Waals surface area (Å²) in [6, 6.07) is 8.14. The molecule has 2 unspecified atom stereocenters. The lowest BCUT2D eigenvalue weighted by Crippen LogP contribution is -2.35. The zero-order valence-electron chi connectivity index (χ0n) is 17.7. The molecule has 6 nitrogen and oxygen atoms in total. The first kappa shape index (κ1) is 21.5. The van der Waals surface area contributed by atoms with Gasteiger partial charge in [0.05, 0.1) is 11.8 Å². The number of nitrogens with one attached hydrogen (secondary N) is 1. The smallest absolute Gasteiger partial charge is 0.233 e. The van der Waals surface area contributed by atoms with E-state index in [4.69, 9.17) is 0 Å². The number of imide groups is 1. The van der Waals surface area contributed by atoms with Gasteiger partial charge in [-0.3, -0.25) is 24.2 Å². The molecule has 3 rings (SSSR count). The van der Waals surface area contributed by atoms with E-state index in [0.29, 0.717) is 6.54 Å². The van der Waals surface area contributed by atoms with Gasteiger partial charge in [-0.2, -0.15) is 0 Å². The lowest BCUT2D eigenvalue weighted by molar-refractivity contribution is -0.140. The van der Waals surface area contributed by atoms with Crippen LogP contribution in [0.25, 0.3) is 0 Å². The molecule has 1 saturated carbocycles. The third kappa shape index (κ3) is 5.04. The van der Waals surface area contributed by atoms with Crippen LogP contribution in [0.5, 0.6) is 0 Å². The van der Waals surface area contributed by atoms with E-state index in [9.17, 15) is 14.4 Å². The van der Waals surface area contributed by atoms with Gasteiger partial charge in [0.2, 0.25) is 17.7 Å². The van der Waals surface area contributed by atoms with Gasteiger partial charge >= 0.3 is 0 Å². The van der Waals surface area contributed by atoms with Gasteiger partial charge in [-0.1, -0.05) is 51.0 Å². The van der Waals surface area contributed by atoms with Gasteiger partial charge in [0.25, 0.3) is 0 Å². The van der Waals surface area contributed by atoms with Gasteiger partial charge in [-0.25, -0.2) is 0 Å². The van der Waals surface area contributed by atoms with E-state index in [2.05, 4.69) is 30.1 Å². The molecule has 1 saturated heterocycles. The third-order valence-corrected chi connectivity index (χ3v) is 6.38. The summed E-state index contributed by atoms with van der Waals surface area (Å²) in [7, 11) is 0. The van der Waals surface area contributed by atoms with Crippen molar-refractivity contribution in [3.05, 3.63) is 35.4 Å². The van der Waals surface area contributed by atoms with Gasteiger partial charge in [-0.05, 0) is 37.1 Å². The molecule has 0 bridgehead atoms. The molecule has 1 aromatic rings. The van der Waals surface area contributed by atoms with Gasteiger partial charge < -0.3 is 5.32 Å². The van der Waals surface area contributed by atoms with Gasteiger partial charge in [-0.15, -0.1) is 0 Å². The van der Waals surface area contributed by atoms with Crippen LogP contribution in [0.2, 0.25) is 0 Å². The summed E-state index contributed by atoms with van der Waals surface area (Å²) in [5.41, 5.74) is 2.32. The molecule has 1 heterocycles. The maximum Gasteiger partial charge on any atom is 0.233 e.